The molecule has 0 saturated heterocycles. The summed E-state index contributed by atoms with van der Waals surface area (Å²) in [5.41, 5.74) is 2.01. The largest absolute Gasteiger partial charge is 0.342 e. The van der Waals surface area contributed by atoms with Gasteiger partial charge >= 0.3 is 0 Å². The molecule has 2 nitrogen and oxygen atoms in total. The van der Waals surface area contributed by atoms with E-state index in [1.54, 1.807) is 0 Å². The van der Waals surface area contributed by atoms with E-state index in [1.165, 1.54) is 38.5 Å². The highest BCUT2D eigenvalue weighted by atomic mass is 16.7. The predicted octanol–water partition coefficient (Wildman–Crippen LogP) is 6.54. The monoisotopic (exact) mass is 420 g/mol. The third kappa shape index (κ3) is 3.98. The van der Waals surface area contributed by atoms with Crippen LogP contribution < -0.4 is 0 Å². The maximum atomic E-state index is 6.39. The van der Waals surface area contributed by atoms with Gasteiger partial charge in [-0.05, 0) is 103 Å². The third-order valence-electron chi connectivity index (χ3n) is 10.0. The molecule has 31 heavy (non-hydrogen) atoms. The van der Waals surface area contributed by atoms with Crippen LogP contribution in [0.15, 0.2) is 30.3 Å². The SMILES string of the molecule is CC1(C)[C@H]2CC[C@H](COC(C#Cc3ccccc3)OC[C@H]3CC[C@H]4C[C@@H]3C4(C)C)[C@@H]1C2. The van der Waals surface area contributed by atoms with Gasteiger partial charge in [0.1, 0.15) is 0 Å². The molecule has 168 valence electrons. The smallest absolute Gasteiger partial charge is 0.222 e. The molecule has 7 rings (SSSR count). The van der Waals surface area contributed by atoms with Crippen LogP contribution in [0.5, 0.6) is 0 Å². The molecular formula is C29H40O2. The number of hydrogen-bond donors (Lipinski definition) is 0. The molecule has 1 aromatic carbocycles. The second kappa shape index (κ2) is 8.24. The number of benzene rings is 1. The van der Waals surface area contributed by atoms with Crippen molar-refractivity contribution < 1.29 is 9.47 Å². The summed E-state index contributed by atoms with van der Waals surface area (Å²) >= 11 is 0. The van der Waals surface area contributed by atoms with Gasteiger partial charge in [0.15, 0.2) is 0 Å². The van der Waals surface area contributed by atoms with Crippen molar-refractivity contribution in [1.29, 1.82) is 0 Å². The van der Waals surface area contributed by atoms with E-state index in [1.807, 2.05) is 18.2 Å². The van der Waals surface area contributed by atoms with Crippen molar-refractivity contribution >= 4 is 0 Å². The average Bonchev–Trinajstić information content (AvgIpc) is 2.79. The van der Waals surface area contributed by atoms with Crippen LogP contribution in [0.3, 0.4) is 0 Å². The summed E-state index contributed by atoms with van der Waals surface area (Å²) in [6.45, 7) is 11.4. The minimum Gasteiger partial charge on any atom is -0.342 e. The van der Waals surface area contributed by atoms with Crippen molar-refractivity contribution in [3.05, 3.63) is 35.9 Å². The summed E-state index contributed by atoms with van der Waals surface area (Å²) < 4.78 is 12.8. The number of hydrogen-bond acceptors (Lipinski definition) is 2. The maximum absolute atomic E-state index is 6.39. The molecule has 6 fully saturated rings. The van der Waals surface area contributed by atoms with Gasteiger partial charge in [0.25, 0.3) is 0 Å². The van der Waals surface area contributed by atoms with Gasteiger partial charge in [-0.3, -0.25) is 0 Å². The van der Waals surface area contributed by atoms with Gasteiger partial charge in [-0.1, -0.05) is 51.8 Å². The Bertz CT molecular complexity index is 783. The van der Waals surface area contributed by atoms with Crippen LogP contribution in [-0.2, 0) is 9.47 Å². The first kappa shape index (κ1) is 21.5. The number of ether oxygens (including phenoxy) is 2. The van der Waals surface area contributed by atoms with Gasteiger partial charge in [-0.2, -0.15) is 0 Å². The van der Waals surface area contributed by atoms with E-state index in [-0.39, 0.29) is 0 Å². The van der Waals surface area contributed by atoms with E-state index in [0.29, 0.717) is 22.7 Å². The normalized spacial score (nSPS) is 36.7. The Morgan fingerprint density at radius 3 is 1.77 bits per heavy atom. The Kier molecular flexibility index (Phi) is 5.72. The molecule has 6 aliphatic carbocycles. The highest BCUT2D eigenvalue weighted by Gasteiger charge is 2.55. The second-order valence-corrected chi connectivity index (χ2v) is 12.0. The molecule has 0 aliphatic heterocycles. The fourth-order valence-electron chi connectivity index (χ4n) is 7.54. The Morgan fingerprint density at radius 2 is 1.32 bits per heavy atom. The van der Waals surface area contributed by atoms with E-state index in [2.05, 4.69) is 51.7 Å². The fraction of sp³-hybridized carbons (Fsp3) is 0.724. The topological polar surface area (TPSA) is 18.5 Å². The first-order valence-corrected chi connectivity index (χ1v) is 12.7. The molecule has 0 spiro atoms. The van der Waals surface area contributed by atoms with Gasteiger partial charge < -0.3 is 9.47 Å². The zero-order valence-corrected chi connectivity index (χ0v) is 19.9. The summed E-state index contributed by atoms with van der Waals surface area (Å²) in [5, 5.41) is 0. The molecular weight excluding hydrogens is 380 g/mol. The molecule has 0 heterocycles. The molecule has 6 atom stereocenters. The lowest BCUT2D eigenvalue weighted by molar-refractivity contribution is -0.182. The van der Waals surface area contributed by atoms with Crippen LogP contribution in [0.4, 0.5) is 0 Å². The van der Waals surface area contributed by atoms with Crippen LogP contribution in [0.1, 0.15) is 71.8 Å². The lowest BCUT2D eigenvalue weighted by atomic mass is 9.46. The van der Waals surface area contributed by atoms with Crippen molar-refractivity contribution in [1.82, 2.24) is 0 Å². The first-order valence-electron chi connectivity index (χ1n) is 12.7. The third-order valence-corrected chi connectivity index (χ3v) is 10.0. The zero-order chi connectivity index (χ0) is 21.6. The van der Waals surface area contributed by atoms with Gasteiger partial charge in [0.2, 0.25) is 6.29 Å². The van der Waals surface area contributed by atoms with Gasteiger partial charge in [0, 0.05) is 5.56 Å². The quantitative estimate of drug-likeness (QED) is 0.384. The number of rotatable bonds is 6. The molecule has 4 bridgehead atoms. The maximum Gasteiger partial charge on any atom is 0.222 e. The molecule has 0 amide bonds. The Hall–Kier alpha value is -1.30. The fourth-order valence-corrected chi connectivity index (χ4v) is 7.54. The van der Waals surface area contributed by atoms with E-state index < -0.39 is 6.29 Å². The Labute approximate surface area is 189 Å². The highest BCUT2D eigenvalue weighted by Crippen LogP contribution is 2.62. The van der Waals surface area contributed by atoms with Crippen molar-refractivity contribution in [2.24, 2.45) is 46.3 Å². The highest BCUT2D eigenvalue weighted by molar-refractivity contribution is 5.34. The lowest BCUT2D eigenvalue weighted by Gasteiger charge is -2.60. The lowest BCUT2D eigenvalue weighted by Crippen LogP contribution is -2.54. The van der Waals surface area contributed by atoms with Crippen LogP contribution in [0.25, 0.3) is 0 Å². The summed E-state index contributed by atoms with van der Waals surface area (Å²) in [7, 11) is 0. The zero-order valence-electron chi connectivity index (χ0n) is 19.9. The minimum atomic E-state index is -0.415. The molecule has 6 aliphatic rings. The van der Waals surface area contributed by atoms with E-state index >= 15 is 0 Å². The molecule has 2 heteroatoms. The van der Waals surface area contributed by atoms with Gasteiger partial charge in [-0.25, -0.2) is 0 Å². The van der Waals surface area contributed by atoms with E-state index in [0.717, 1.165) is 42.4 Å². The standard InChI is InChI=1S/C29H40O2/c1-28(2)23-13-11-21(25(28)16-23)18-30-27(15-10-20-8-6-5-7-9-20)31-19-22-12-14-24-17-26(22)29(24,3)4/h5-9,21-27H,11-14,16-19H2,1-4H3/t21-,22-,23+,24+,25+,26+/m1/s1. The van der Waals surface area contributed by atoms with E-state index in [4.69, 9.17) is 9.47 Å². The average molecular weight is 421 g/mol. The van der Waals surface area contributed by atoms with Crippen molar-refractivity contribution in [3.63, 3.8) is 0 Å². The van der Waals surface area contributed by atoms with Gasteiger partial charge in [0.05, 0.1) is 13.2 Å². The number of fused-ring (bicyclic) bond motifs is 4. The Morgan fingerprint density at radius 1 is 0.806 bits per heavy atom. The van der Waals surface area contributed by atoms with Crippen molar-refractivity contribution in [2.45, 2.75) is 72.5 Å². The van der Waals surface area contributed by atoms with Crippen molar-refractivity contribution in [3.8, 4) is 11.8 Å². The van der Waals surface area contributed by atoms with E-state index in [9.17, 15) is 0 Å². The summed E-state index contributed by atoms with van der Waals surface area (Å²) in [5.74, 6) is 11.4. The summed E-state index contributed by atoms with van der Waals surface area (Å²) in [6, 6.07) is 10.2. The summed E-state index contributed by atoms with van der Waals surface area (Å²) in [6.07, 6.45) is 7.69. The molecule has 0 N–H and O–H groups in total. The molecule has 0 unspecified atom stereocenters. The molecule has 0 radical (unpaired) electrons. The van der Waals surface area contributed by atoms with Crippen LogP contribution in [0.2, 0.25) is 0 Å². The van der Waals surface area contributed by atoms with Crippen LogP contribution in [-0.4, -0.2) is 19.5 Å². The molecule has 6 saturated carbocycles. The Balaban J connectivity index is 1.22. The molecule has 0 aromatic heterocycles. The minimum absolute atomic E-state index is 0.415. The predicted molar refractivity (Wildman–Crippen MR) is 125 cm³/mol. The second-order valence-electron chi connectivity index (χ2n) is 12.0. The van der Waals surface area contributed by atoms with Gasteiger partial charge in [-0.15, -0.1) is 0 Å². The molecule has 1 aromatic rings. The summed E-state index contributed by atoms with van der Waals surface area (Å²) in [4.78, 5) is 0. The van der Waals surface area contributed by atoms with Crippen LogP contribution in [0, 0.1) is 58.2 Å². The first-order chi connectivity index (χ1) is 14.9. The van der Waals surface area contributed by atoms with Crippen molar-refractivity contribution in [2.75, 3.05) is 13.2 Å². The van der Waals surface area contributed by atoms with Crippen LogP contribution >= 0.6 is 0 Å².